The maximum absolute atomic E-state index is 8.48. The van der Waals surface area contributed by atoms with Gasteiger partial charge in [-0.05, 0) is 24.6 Å². The fourth-order valence-electron chi connectivity index (χ4n) is 0.726. The van der Waals surface area contributed by atoms with E-state index in [0.717, 1.165) is 0 Å². The quantitative estimate of drug-likeness (QED) is 0.534. The fraction of sp³-hybridized carbons (Fsp3) is 0. The van der Waals surface area contributed by atoms with Crippen LogP contribution in [0.4, 0.5) is 0 Å². The second-order valence-electron chi connectivity index (χ2n) is 1.97. The van der Waals surface area contributed by atoms with Crippen LogP contribution in [0.3, 0.4) is 0 Å². The van der Waals surface area contributed by atoms with E-state index in [-0.39, 0.29) is 0 Å². The molecule has 0 aliphatic rings. The van der Waals surface area contributed by atoms with Crippen molar-refractivity contribution in [3.05, 3.63) is 40.8 Å². The fourth-order valence-corrected chi connectivity index (χ4v) is 0.961. The standard InChI is InChI=1S/C9H3ClN/c1-2-7-3-8(6-11)5-9(10)4-7/h3-5H. The molecular formula is C9H3ClN. The van der Waals surface area contributed by atoms with E-state index in [4.69, 9.17) is 23.3 Å². The average Bonchev–Trinajstić information content (AvgIpc) is 2.03. The maximum Gasteiger partial charge on any atom is 0.0992 e. The first-order chi connectivity index (χ1) is 5.26. The van der Waals surface area contributed by atoms with Gasteiger partial charge in [0.1, 0.15) is 0 Å². The van der Waals surface area contributed by atoms with E-state index < -0.39 is 0 Å². The molecule has 0 aliphatic heterocycles. The van der Waals surface area contributed by atoms with Gasteiger partial charge < -0.3 is 0 Å². The zero-order valence-corrected chi connectivity index (χ0v) is 6.31. The number of nitrogens with zero attached hydrogens (tertiary/aromatic N) is 1. The third-order valence-corrected chi connectivity index (χ3v) is 1.39. The lowest BCUT2D eigenvalue weighted by molar-refractivity contribution is 1.48. The topological polar surface area (TPSA) is 23.8 Å². The van der Waals surface area contributed by atoms with Gasteiger partial charge in [-0.15, -0.1) is 0 Å². The summed E-state index contributed by atoms with van der Waals surface area (Å²) in [5.74, 6) is 2.16. The Morgan fingerprint density at radius 2 is 1.91 bits per heavy atom. The summed E-state index contributed by atoms with van der Waals surface area (Å²) in [4.78, 5) is 0. The van der Waals surface area contributed by atoms with Gasteiger partial charge in [0, 0.05) is 10.6 Å². The van der Waals surface area contributed by atoms with E-state index in [1.807, 2.05) is 6.07 Å². The molecule has 0 spiro atoms. The highest BCUT2D eigenvalue weighted by molar-refractivity contribution is 6.30. The van der Waals surface area contributed by atoms with Gasteiger partial charge in [-0.1, -0.05) is 17.5 Å². The van der Waals surface area contributed by atoms with Crippen molar-refractivity contribution in [3.8, 4) is 12.0 Å². The van der Waals surface area contributed by atoms with Crippen LogP contribution in [0.2, 0.25) is 5.02 Å². The van der Waals surface area contributed by atoms with Crippen LogP contribution in [0.25, 0.3) is 0 Å². The molecule has 0 saturated heterocycles. The smallest absolute Gasteiger partial charge is 0.0992 e. The van der Waals surface area contributed by atoms with E-state index in [0.29, 0.717) is 16.1 Å². The normalized spacial score (nSPS) is 8.27. The summed E-state index contributed by atoms with van der Waals surface area (Å²) >= 11 is 5.63. The molecule has 1 nitrogen and oxygen atoms in total. The molecule has 0 N–H and O–H groups in total. The van der Waals surface area contributed by atoms with Gasteiger partial charge in [0.05, 0.1) is 11.6 Å². The van der Waals surface area contributed by atoms with Crippen LogP contribution in [0.5, 0.6) is 0 Å². The third-order valence-electron chi connectivity index (χ3n) is 1.17. The molecule has 0 aliphatic carbocycles. The van der Waals surface area contributed by atoms with Crippen molar-refractivity contribution in [3.63, 3.8) is 0 Å². The van der Waals surface area contributed by atoms with Crippen molar-refractivity contribution >= 4 is 11.6 Å². The molecule has 0 unspecified atom stereocenters. The highest BCUT2D eigenvalue weighted by atomic mass is 35.5. The van der Waals surface area contributed by atoms with Gasteiger partial charge >= 0.3 is 0 Å². The Morgan fingerprint density at radius 3 is 2.45 bits per heavy atom. The second-order valence-corrected chi connectivity index (χ2v) is 2.40. The predicted molar refractivity (Wildman–Crippen MR) is 42.4 cm³/mol. The number of nitriles is 1. The monoisotopic (exact) mass is 160 g/mol. The van der Waals surface area contributed by atoms with Crippen LogP contribution in [-0.2, 0) is 0 Å². The van der Waals surface area contributed by atoms with E-state index in [2.05, 4.69) is 5.92 Å². The Morgan fingerprint density at radius 1 is 1.27 bits per heavy atom. The summed E-state index contributed by atoms with van der Waals surface area (Å²) in [5.41, 5.74) is 0.973. The van der Waals surface area contributed by atoms with Crippen molar-refractivity contribution in [1.82, 2.24) is 0 Å². The van der Waals surface area contributed by atoms with Crippen LogP contribution >= 0.6 is 11.6 Å². The van der Waals surface area contributed by atoms with Crippen LogP contribution in [0, 0.1) is 23.7 Å². The van der Waals surface area contributed by atoms with Gasteiger partial charge in [-0.2, -0.15) is 5.26 Å². The number of hydrogen-bond acceptors (Lipinski definition) is 1. The lowest BCUT2D eigenvalue weighted by Gasteiger charge is -1.92. The minimum absolute atomic E-state index is 0.451. The average molecular weight is 161 g/mol. The Hall–Kier alpha value is -1.44. The molecule has 1 aromatic carbocycles. The summed E-state index contributed by atoms with van der Waals surface area (Å²) in [6.07, 6.45) is 6.79. The van der Waals surface area contributed by atoms with Crippen molar-refractivity contribution in [2.45, 2.75) is 0 Å². The Bertz CT molecular complexity index is 323. The number of hydrogen-bond donors (Lipinski definition) is 0. The van der Waals surface area contributed by atoms with Gasteiger partial charge in [-0.3, -0.25) is 0 Å². The maximum atomic E-state index is 8.48. The summed E-state index contributed by atoms with van der Waals surface area (Å²) < 4.78 is 0. The largest absolute Gasteiger partial charge is 0.192 e. The Kier molecular flexibility index (Phi) is 2.16. The SMILES string of the molecule is [C]#Cc1cc(Cl)cc(C#N)c1. The number of benzene rings is 1. The van der Waals surface area contributed by atoms with Crippen LogP contribution < -0.4 is 0 Å². The van der Waals surface area contributed by atoms with Gasteiger partial charge in [0.2, 0.25) is 0 Å². The third kappa shape index (κ3) is 1.74. The molecule has 51 valence electrons. The van der Waals surface area contributed by atoms with Crippen LogP contribution in [0.15, 0.2) is 18.2 Å². The molecule has 0 amide bonds. The molecule has 1 aromatic rings. The lowest BCUT2D eigenvalue weighted by atomic mass is 10.1. The summed E-state index contributed by atoms with van der Waals surface area (Å²) in [5, 5.41) is 8.94. The summed E-state index contributed by atoms with van der Waals surface area (Å²) in [6, 6.07) is 6.61. The highest BCUT2D eigenvalue weighted by Crippen LogP contribution is 2.13. The molecule has 0 aromatic heterocycles. The van der Waals surface area contributed by atoms with Crippen molar-refractivity contribution in [2.75, 3.05) is 0 Å². The van der Waals surface area contributed by atoms with Crippen molar-refractivity contribution < 1.29 is 0 Å². The molecule has 1 rings (SSSR count). The zero-order valence-electron chi connectivity index (χ0n) is 5.56. The van der Waals surface area contributed by atoms with E-state index in [1.165, 1.54) is 0 Å². The molecule has 0 fully saturated rings. The zero-order chi connectivity index (χ0) is 8.27. The summed E-state index contributed by atoms with van der Waals surface area (Å²) in [6.45, 7) is 0. The second kappa shape index (κ2) is 3.10. The van der Waals surface area contributed by atoms with E-state index in [9.17, 15) is 0 Å². The Balaban J connectivity index is 3.28. The molecule has 11 heavy (non-hydrogen) atoms. The first-order valence-corrected chi connectivity index (χ1v) is 3.27. The van der Waals surface area contributed by atoms with Gasteiger partial charge in [0.15, 0.2) is 0 Å². The van der Waals surface area contributed by atoms with Crippen LogP contribution in [-0.4, -0.2) is 0 Å². The lowest BCUT2D eigenvalue weighted by Crippen LogP contribution is -1.78. The molecule has 0 saturated carbocycles. The minimum Gasteiger partial charge on any atom is -0.192 e. The molecule has 0 heterocycles. The summed E-state index contributed by atoms with van der Waals surface area (Å²) in [7, 11) is 0. The molecule has 0 atom stereocenters. The highest BCUT2D eigenvalue weighted by Gasteiger charge is 1.95. The molecular weight excluding hydrogens is 158 g/mol. The first-order valence-electron chi connectivity index (χ1n) is 2.89. The molecule has 0 bridgehead atoms. The van der Waals surface area contributed by atoms with E-state index in [1.54, 1.807) is 18.2 Å². The molecule has 1 radical (unpaired) electrons. The minimum atomic E-state index is 0.451. The van der Waals surface area contributed by atoms with E-state index >= 15 is 0 Å². The number of rotatable bonds is 0. The van der Waals surface area contributed by atoms with Crippen molar-refractivity contribution in [2.24, 2.45) is 0 Å². The van der Waals surface area contributed by atoms with Gasteiger partial charge in [-0.25, -0.2) is 0 Å². The Labute approximate surface area is 70.2 Å². The predicted octanol–water partition coefficient (Wildman–Crippen LogP) is 2.15. The van der Waals surface area contributed by atoms with Gasteiger partial charge in [0.25, 0.3) is 0 Å². The number of halogens is 1. The molecule has 2 heteroatoms. The van der Waals surface area contributed by atoms with Crippen LogP contribution in [0.1, 0.15) is 11.1 Å². The van der Waals surface area contributed by atoms with Crippen molar-refractivity contribution in [1.29, 1.82) is 5.26 Å². The first kappa shape index (κ1) is 7.66.